The highest BCUT2D eigenvalue weighted by atomic mass is 13.8. The Hall–Kier alpha value is -2.34. The van der Waals surface area contributed by atoms with E-state index in [2.05, 4.69) is 71.0 Å². The molecule has 142 valence electrons. The zero-order valence-electron chi connectivity index (χ0n) is 17.9. The molecule has 0 aliphatic carbocycles. The maximum atomic E-state index is 2.12. The van der Waals surface area contributed by atoms with Crippen molar-refractivity contribution in [3.63, 3.8) is 0 Å². The van der Waals surface area contributed by atoms with Gasteiger partial charge in [-0.25, -0.2) is 0 Å². The van der Waals surface area contributed by atoms with Crippen molar-refractivity contribution in [3.8, 4) is 0 Å². The molecular weight excluding hydrogens is 312 g/mol. The smallest absolute Gasteiger partial charge is 0.0398 e. The minimum absolute atomic E-state index is 1.25. The summed E-state index contributed by atoms with van der Waals surface area (Å²) in [6, 6.07) is 30.8. The van der Waals surface area contributed by atoms with Crippen LogP contribution in [0.25, 0.3) is 0 Å². The standard InChI is InChI=1S/3C7H8.C3H8.C2H6/c3*1-7-5-3-2-4-6-7;1-3-2;1-2/h3*2-6H,1H3;3H2,1-2H3;1-2H3. The van der Waals surface area contributed by atoms with Crippen molar-refractivity contribution < 1.29 is 0 Å². The van der Waals surface area contributed by atoms with Crippen LogP contribution in [0.5, 0.6) is 0 Å². The topological polar surface area (TPSA) is 0 Å². The molecule has 0 fully saturated rings. The zero-order valence-corrected chi connectivity index (χ0v) is 17.9. The average molecular weight is 351 g/mol. The minimum atomic E-state index is 1.25. The lowest BCUT2D eigenvalue weighted by Gasteiger charge is -1.82. The largest absolute Gasteiger partial charge is 0.0683 e. The highest BCUT2D eigenvalue weighted by Crippen LogP contribution is 1.93. The molecule has 0 aliphatic heterocycles. The molecule has 0 N–H and O–H groups in total. The molecular formula is C26H38. The van der Waals surface area contributed by atoms with Crippen LogP contribution in [0.1, 0.15) is 50.8 Å². The van der Waals surface area contributed by atoms with Gasteiger partial charge < -0.3 is 0 Å². The molecule has 0 radical (unpaired) electrons. The maximum Gasteiger partial charge on any atom is -0.0398 e. The molecule has 0 saturated heterocycles. The molecule has 26 heavy (non-hydrogen) atoms. The Morgan fingerprint density at radius 3 is 0.654 bits per heavy atom. The number of hydrogen-bond donors (Lipinski definition) is 0. The van der Waals surface area contributed by atoms with E-state index in [-0.39, 0.29) is 0 Å². The SMILES string of the molecule is CC.CCC.Cc1ccccc1.Cc1ccccc1.Cc1ccccc1. The van der Waals surface area contributed by atoms with Crippen LogP contribution in [-0.4, -0.2) is 0 Å². The third-order valence-electron chi connectivity index (χ3n) is 2.82. The summed E-state index contributed by atoms with van der Waals surface area (Å²) >= 11 is 0. The summed E-state index contributed by atoms with van der Waals surface area (Å²) in [5.74, 6) is 0. The Bertz CT molecular complexity index is 494. The van der Waals surface area contributed by atoms with E-state index < -0.39 is 0 Å². The molecule has 0 heteroatoms. The monoisotopic (exact) mass is 350 g/mol. The fourth-order valence-electron chi connectivity index (χ4n) is 1.60. The van der Waals surface area contributed by atoms with Crippen LogP contribution >= 0.6 is 0 Å². The Morgan fingerprint density at radius 1 is 0.423 bits per heavy atom. The molecule has 0 saturated carbocycles. The third kappa shape index (κ3) is 19.7. The van der Waals surface area contributed by atoms with Gasteiger partial charge >= 0.3 is 0 Å². The predicted molar refractivity (Wildman–Crippen MR) is 121 cm³/mol. The van der Waals surface area contributed by atoms with Gasteiger partial charge in [0.25, 0.3) is 0 Å². The number of rotatable bonds is 0. The summed E-state index contributed by atoms with van der Waals surface area (Å²) < 4.78 is 0. The second-order valence-electron chi connectivity index (χ2n) is 5.67. The van der Waals surface area contributed by atoms with Gasteiger partial charge in [-0.1, -0.05) is 142 Å². The van der Waals surface area contributed by atoms with Crippen LogP contribution in [0.2, 0.25) is 0 Å². The number of aryl methyl sites for hydroxylation is 3. The quantitative estimate of drug-likeness (QED) is 0.381. The van der Waals surface area contributed by atoms with Crippen LogP contribution in [0.3, 0.4) is 0 Å². The summed E-state index contributed by atoms with van der Waals surface area (Å²) in [7, 11) is 0. The van der Waals surface area contributed by atoms with Gasteiger partial charge in [-0.3, -0.25) is 0 Å². The highest BCUT2D eigenvalue weighted by Gasteiger charge is 1.73. The minimum Gasteiger partial charge on any atom is -0.0683 e. The average Bonchev–Trinajstić information content (AvgIpc) is 2.67. The first kappa shape index (κ1) is 25.9. The molecule has 0 heterocycles. The second-order valence-corrected chi connectivity index (χ2v) is 5.67. The fourth-order valence-corrected chi connectivity index (χ4v) is 1.60. The van der Waals surface area contributed by atoms with E-state index in [0.717, 1.165) is 0 Å². The van der Waals surface area contributed by atoms with Crippen molar-refractivity contribution in [3.05, 3.63) is 108 Å². The Kier molecular flexibility index (Phi) is 20.6. The van der Waals surface area contributed by atoms with Crippen LogP contribution in [-0.2, 0) is 0 Å². The first-order valence-electron chi connectivity index (χ1n) is 9.65. The lowest BCUT2D eigenvalue weighted by atomic mass is 10.2. The van der Waals surface area contributed by atoms with E-state index in [1.807, 2.05) is 68.4 Å². The molecule has 0 aliphatic rings. The first-order chi connectivity index (χ1) is 12.6. The summed E-state index contributed by atoms with van der Waals surface area (Å²) in [4.78, 5) is 0. The van der Waals surface area contributed by atoms with Gasteiger partial charge in [0.05, 0.1) is 0 Å². The predicted octanol–water partition coefficient (Wildman–Crippen LogP) is 8.43. The lowest BCUT2D eigenvalue weighted by Crippen LogP contribution is -1.62. The molecule has 3 aromatic rings. The van der Waals surface area contributed by atoms with Crippen molar-refractivity contribution >= 4 is 0 Å². The highest BCUT2D eigenvalue weighted by molar-refractivity contribution is 5.12. The Labute approximate surface area is 162 Å². The van der Waals surface area contributed by atoms with Crippen LogP contribution in [0, 0.1) is 20.8 Å². The van der Waals surface area contributed by atoms with Gasteiger partial charge in [0.15, 0.2) is 0 Å². The number of hydrogen-bond acceptors (Lipinski definition) is 0. The van der Waals surface area contributed by atoms with Crippen molar-refractivity contribution in [2.75, 3.05) is 0 Å². The zero-order chi connectivity index (χ0) is 20.0. The Balaban J connectivity index is 0. The number of benzene rings is 3. The summed E-state index contributed by atoms with van der Waals surface area (Å²) in [5.41, 5.74) is 3.97. The molecule has 0 amide bonds. The molecule has 3 aromatic carbocycles. The van der Waals surface area contributed by atoms with Gasteiger partial charge in [0.1, 0.15) is 0 Å². The van der Waals surface area contributed by atoms with Crippen molar-refractivity contribution in [1.29, 1.82) is 0 Å². The molecule has 0 aromatic heterocycles. The molecule has 3 rings (SSSR count). The van der Waals surface area contributed by atoms with E-state index >= 15 is 0 Å². The van der Waals surface area contributed by atoms with E-state index in [1.54, 1.807) is 0 Å². The third-order valence-corrected chi connectivity index (χ3v) is 2.82. The molecule has 0 bridgehead atoms. The fraction of sp³-hybridized carbons (Fsp3) is 0.308. The van der Waals surface area contributed by atoms with Crippen LogP contribution in [0.15, 0.2) is 91.0 Å². The van der Waals surface area contributed by atoms with Crippen molar-refractivity contribution in [2.24, 2.45) is 0 Å². The van der Waals surface area contributed by atoms with Crippen LogP contribution < -0.4 is 0 Å². The van der Waals surface area contributed by atoms with Crippen LogP contribution in [0.4, 0.5) is 0 Å². The second kappa shape index (κ2) is 20.7. The first-order valence-corrected chi connectivity index (χ1v) is 9.65. The van der Waals surface area contributed by atoms with Gasteiger partial charge in [-0.2, -0.15) is 0 Å². The van der Waals surface area contributed by atoms with E-state index in [4.69, 9.17) is 0 Å². The van der Waals surface area contributed by atoms with Crippen molar-refractivity contribution in [1.82, 2.24) is 0 Å². The normalized spacial score (nSPS) is 7.96. The van der Waals surface area contributed by atoms with E-state index in [9.17, 15) is 0 Å². The van der Waals surface area contributed by atoms with Gasteiger partial charge in [-0.05, 0) is 20.8 Å². The van der Waals surface area contributed by atoms with Gasteiger partial charge in [0.2, 0.25) is 0 Å². The van der Waals surface area contributed by atoms with Gasteiger partial charge in [0, 0.05) is 0 Å². The molecule has 0 atom stereocenters. The summed E-state index contributed by atoms with van der Waals surface area (Å²) in [5, 5.41) is 0. The molecule has 0 nitrogen and oxygen atoms in total. The lowest BCUT2D eigenvalue weighted by molar-refractivity contribution is 1.09. The summed E-state index contributed by atoms with van der Waals surface area (Å²) in [6.07, 6.45) is 1.25. The molecule has 0 unspecified atom stereocenters. The Morgan fingerprint density at radius 2 is 0.577 bits per heavy atom. The van der Waals surface area contributed by atoms with E-state index in [1.165, 1.54) is 23.1 Å². The maximum absolute atomic E-state index is 2.12. The van der Waals surface area contributed by atoms with Gasteiger partial charge in [-0.15, -0.1) is 0 Å². The van der Waals surface area contributed by atoms with Crippen molar-refractivity contribution in [2.45, 2.75) is 54.9 Å². The van der Waals surface area contributed by atoms with E-state index in [0.29, 0.717) is 0 Å². The molecule has 0 spiro atoms. The summed E-state index contributed by atoms with van der Waals surface area (Å²) in [6.45, 7) is 14.5.